The summed E-state index contributed by atoms with van der Waals surface area (Å²) in [6.07, 6.45) is 5.98. The fraction of sp³-hybridized carbons (Fsp3) is 0.217. The molecule has 0 saturated carbocycles. The highest BCUT2D eigenvalue weighted by atomic mass is 32.1. The van der Waals surface area contributed by atoms with Crippen LogP contribution in [0.4, 0.5) is 0 Å². The average Bonchev–Trinajstić information content (AvgIpc) is 2.77. The van der Waals surface area contributed by atoms with E-state index in [0.717, 1.165) is 23.3 Å². The molecule has 2 aromatic rings. The number of hydrogen-bond acceptors (Lipinski definition) is 5. The van der Waals surface area contributed by atoms with E-state index < -0.39 is 0 Å². The first-order valence-electron chi connectivity index (χ1n) is 9.48. The fourth-order valence-electron chi connectivity index (χ4n) is 2.53. The number of thiocarbonyl (C=S) groups is 1. The number of allylic oxidation sites excluding steroid dienone is 1. The highest BCUT2D eigenvalue weighted by Gasteiger charge is 2.06. The molecule has 0 aliphatic rings. The number of para-hydroxylation sites is 1. The molecule has 158 valence electrons. The van der Waals surface area contributed by atoms with Gasteiger partial charge in [-0.3, -0.25) is 5.43 Å². The number of rotatable bonds is 12. The van der Waals surface area contributed by atoms with E-state index in [9.17, 15) is 0 Å². The van der Waals surface area contributed by atoms with Crippen molar-refractivity contribution >= 4 is 23.5 Å². The van der Waals surface area contributed by atoms with Crippen LogP contribution in [0.3, 0.4) is 0 Å². The molecule has 2 N–H and O–H groups in total. The molecule has 0 radical (unpaired) electrons. The summed E-state index contributed by atoms with van der Waals surface area (Å²) in [7, 11) is 1.59. The maximum absolute atomic E-state index is 5.84. The van der Waals surface area contributed by atoms with Gasteiger partial charge < -0.3 is 19.5 Å². The van der Waals surface area contributed by atoms with Gasteiger partial charge in [0.05, 0.1) is 13.3 Å². The van der Waals surface area contributed by atoms with E-state index in [1.54, 1.807) is 19.4 Å². The lowest BCUT2D eigenvalue weighted by atomic mass is 10.1. The van der Waals surface area contributed by atoms with Crippen LogP contribution in [0.2, 0.25) is 0 Å². The first-order valence-corrected chi connectivity index (χ1v) is 9.89. The van der Waals surface area contributed by atoms with Crippen molar-refractivity contribution < 1.29 is 14.2 Å². The number of nitrogens with one attached hydrogen (secondary N) is 2. The lowest BCUT2D eigenvalue weighted by molar-refractivity contribution is 0.210. The monoisotopic (exact) mass is 425 g/mol. The fourth-order valence-corrected chi connectivity index (χ4v) is 2.66. The number of methoxy groups -OCH3 is 1. The minimum absolute atomic E-state index is 0.386. The molecule has 7 heteroatoms. The molecule has 2 aromatic carbocycles. The van der Waals surface area contributed by atoms with E-state index in [1.165, 1.54) is 0 Å². The number of hydrazone groups is 1. The lowest BCUT2D eigenvalue weighted by Gasteiger charge is -2.13. The van der Waals surface area contributed by atoms with Crippen LogP contribution in [-0.4, -0.2) is 38.2 Å². The van der Waals surface area contributed by atoms with Gasteiger partial charge in [0.2, 0.25) is 0 Å². The third kappa shape index (κ3) is 7.60. The van der Waals surface area contributed by atoms with Crippen molar-refractivity contribution in [2.75, 3.05) is 26.9 Å². The molecule has 0 heterocycles. The summed E-state index contributed by atoms with van der Waals surface area (Å²) in [5, 5.41) is 7.45. The van der Waals surface area contributed by atoms with Crippen molar-refractivity contribution in [2.45, 2.75) is 6.42 Å². The van der Waals surface area contributed by atoms with Gasteiger partial charge in [-0.2, -0.15) is 5.10 Å². The summed E-state index contributed by atoms with van der Waals surface area (Å²) in [4.78, 5) is 0. The summed E-state index contributed by atoms with van der Waals surface area (Å²) >= 11 is 5.08. The van der Waals surface area contributed by atoms with Crippen molar-refractivity contribution in [1.82, 2.24) is 10.7 Å². The van der Waals surface area contributed by atoms with Crippen molar-refractivity contribution in [2.24, 2.45) is 5.10 Å². The molecule has 0 aromatic heterocycles. The zero-order valence-corrected chi connectivity index (χ0v) is 17.9. The molecule has 0 aliphatic heterocycles. The Kier molecular flexibility index (Phi) is 9.96. The van der Waals surface area contributed by atoms with E-state index >= 15 is 0 Å². The predicted octanol–water partition coefficient (Wildman–Crippen LogP) is 3.87. The smallest absolute Gasteiger partial charge is 0.187 e. The summed E-state index contributed by atoms with van der Waals surface area (Å²) < 4.78 is 17.1. The zero-order chi connectivity index (χ0) is 21.6. The van der Waals surface area contributed by atoms with Gasteiger partial charge in [-0.15, -0.1) is 13.2 Å². The van der Waals surface area contributed by atoms with Gasteiger partial charge in [0.15, 0.2) is 16.6 Å². The van der Waals surface area contributed by atoms with Gasteiger partial charge >= 0.3 is 0 Å². The Balaban J connectivity index is 1.87. The Morgan fingerprint density at radius 3 is 2.53 bits per heavy atom. The second-order valence-electron chi connectivity index (χ2n) is 6.08. The third-order valence-electron chi connectivity index (χ3n) is 3.91. The molecule has 0 unspecified atom stereocenters. The highest BCUT2D eigenvalue weighted by Crippen LogP contribution is 2.27. The first-order chi connectivity index (χ1) is 14.7. The van der Waals surface area contributed by atoms with Crippen LogP contribution in [0.15, 0.2) is 72.9 Å². The van der Waals surface area contributed by atoms with E-state index in [0.29, 0.717) is 36.4 Å². The van der Waals surface area contributed by atoms with Crippen molar-refractivity contribution in [1.29, 1.82) is 0 Å². The van der Waals surface area contributed by atoms with Crippen LogP contribution in [0, 0.1) is 0 Å². The summed E-state index contributed by atoms with van der Waals surface area (Å²) in [6, 6.07) is 13.4. The van der Waals surface area contributed by atoms with Crippen LogP contribution < -0.4 is 25.0 Å². The van der Waals surface area contributed by atoms with Crippen LogP contribution >= 0.6 is 12.2 Å². The molecule has 0 atom stereocenters. The molecule has 30 heavy (non-hydrogen) atoms. The van der Waals surface area contributed by atoms with Crippen LogP contribution in [0.1, 0.15) is 11.1 Å². The maximum atomic E-state index is 5.84. The van der Waals surface area contributed by atoms with Crippen molar-refractivity contribution in [3.63, 3.8) is 0 Å². The number of benzene rings is 2. The topological polar surface area (TPSA) is 64.1 Å². The quantitative estimate of drug-likeness (QED) is 0.177. The molecule has 0 bridgehead atoms. The molecular formula is C23H27N3O3S. The molecule has 0 fully saturated rings. The molecule has 6 nitrogen and oxygen atoms in total. The minimum atomic E-state index is 0.386. The second kappa shape index (κ2) is 13.0. The van der Waals surface area contributed by atoms with Gasteiger partial charge in [0.25, 0.3) is 0 Å². The van der Waals surface area contributed by atoms with Crippen LogP contribution in [0.25, 0.3) is 0 Å². The van der Waals surface area contributed by atoms with Crippen LogP contribution in [-0.2, 0) is 6.42 Å². The van der Waals surface area contributed by atoms with Gasteiger partial charge in [-0.1, -0.05) is 30.4 Å². The second-order valence-corrected chi connectivity index (χ2v) is 6.48. The van der Waals surface area contributed by atoms with Gasteiger partial charge in [-0.05, 0) is 54.0 Å². The first kappa shape index (κ1) is 23.0. The largest absolute Gasteiger partial charge is 0.493 e. The Bertz CT molecular complexity index is 884. The maximum Gasteiger partial charge on any atom is 0.187 e. The standard InChI is InChI=1S/C23H27N3O3S/c1-4-8-19-9-6-7-10-20(19)28-14-15-29-21-12-11-18(16-22(21)27-3)17-25-26-23(30)24-13-5-2/h4-7,9-12,16-17H,1-2,8,13-15H2,3H3,(H2,24,26,30)/b25-17-. The molecule has 0 spiro atoms. The Labute approximate surface area is 183 Å². The molecule has 0 aliphatic carbocycles. The third-order valence-corrected chi connectivity index (χ3v) is 4.15. The molecule has 0 amide bonds. The Morgan fingerprint density at radius 1 is 1.03 bits per heavy atom. The van der Waals surface area contributed by atoms with E-state index in [4.69, 9.17) is 26.4 Å². The van der Waals surface area contributed by atoms with Crippen molar-refractivity contribution in [3.8, 4) is 17.2 Å². The zero-order valence-electron chi connectivity index (χ0n) is 17.1. The minimum Gasteiger partial charge on any atom is -0.493 e. The van der Waals surface area contributed by atoms with E-state index in [-0.39, 0.29) is 0 Å². The number of hydrogen-bond donors (Lipinski definition) is 2. The van der Waals surface area contributed by atoms with Gasteiger partial charge in [-0.25, -0.2) is 0 Å². The van der Waals surface area contributed by atoms with Crippen LogP contribution in [0.5, 0.6) is 17.2 Å². The molecule has 0 saturated heterocycles. The summed E-state index contributed by atoms with van der Waals surface area (Å²) in [5.74, 6) is 2.08. The van der Waals surface area contributed by atoms with Gasteiger partial charge in [0, 0.05) is 6.54 Å². The lowest BCUT2D eigenvalue weighted by Crippen LogP contribution is -2.31. The Morgan fingerprint density at radius 2 is 1.80 bits per heavy atom. The highest BCUT2D eigenvalue weighted by molar-refractivity contribution is 7.80. The SMILES string of the molecule is C=CCNC(=S)N/N=C\c1ccc(OCCOc2ccccc2CC=C)c(OC)c1. The molecule has 2 rings (SSSR count). The average molecular weight is 426 g/mol. The number of ether oxygens (including phenoxy) is 3. The normalized spacial score (nSPS) is 10.3. The summed E-state index contributed by atoms with van der Waals surface area (Å²) in [5.41, 5.74) is 4.68. The van der Waals surface area contributed by atoms with Crippen molar-refractivity contribution in [3.05, 3.63) is 78.9 Å². The summed E-state index contributed by atoms with van der Waals surface area (Å²) in [6.45, 7) is 8.77. The van der Waals surface area contributed by atoms with E-state index in [1.807, 2.05) is 48.5 Å². The van der Waals surface area contributed by atoms with Gasteiger partial charge in [0.1, 0.15) is 19.0 Å². The Hall–Kier alpha value is -3.32. The van der Waals surface area contributed by atoms with E-state index in [2.05, 4.69) is 29.0 Å². The predicted molar refractivity (Wildman–Crippen MR) is 126 cm³/mol. The molecular weight excluding hydrogens is 398 g/mol. The number of nitrogens with zero attached hydrogens (tertiary/aromatic N) is 1.